The molecule has 5 nitrogen and oxygen atoms in total. The Labute approximate surface area is 149 Å². The quantitative estimate of drug-likeness (QED) is 0.725. The molecule has 1 N–H and O–H groups in total. The molecule has 126 valence electrons. The molecule has 0 saturated carbocycles. The maximum absolute atomic E-state index is 12.4. The van der Waals surface area contributed by atoms with E-state index in [1.165, 1.54) is 29.2 Å². The third-order valence-corrected chi connectivity index (χ3v) is 4.66. The number of benzene rings is 2. The number of rotatable bonds is 4. The molecule has 0 bridgehead atoms. The normalized spacial score (nSPS) is 11.0. The zero-order chi connectivity index (χ0) is 17.8. The molecule has 0 spiro atoms. The van der Waals surface area contributed by atoms with Gasteiger partial charge in [0.15, 0.2) is 5.13 Å². The summed E-state index contributed by atoms with van der Waals surface area (Å²) in [6.45, 7) is 1.46. The largest absolute Gasteiger partial charge is 0.326 e. The van der Waals surface area contributed by atoms with Crippen LogP contribution in [0.25, 0.3) is 16.3 Å². The van der Waals surface area contributed by atoms with Crippen LogP contribution in [0.15, 0.2) is 54.6 Å². The number of amides is 2. The smallest absolute Gasteiger partial charge is 0.252 e. The van der Waals surface area contributed by atoms with E-state index in [4.69, 9.17) is 0 Å². The minimum Gasteiger partial charge on any atom is -0.326 e. The summed E-state index contributed by atoms with van der Waals surface area (Å²) in [6, 6.07) is 15.1. The number of likely N-dealkylation sites (N-methyl/N-ethyl adjacent to an activating group) is 1. The number of carbonyl (C=O) groups excluding carboxylic acids is 2. The van der Waals surface area contributed by atoms with E-state index in [2.05, 4.69) is 10.3 Å². The van der Waals surface area contributed by atoms with Gasteiger partial charge in [-0.05, 0) is 35.9 Å². The number of thiazole rings is 1. The van der Waals surface area contributed by atoms with E-state index in [9.17, 15) is 9.59 Å². The molecule has 3 rings (SSSR count). The van der Waals surface area contributed by atoms with Gasteiger partial charge in [-0.2, -0.15) is 0 Å². The number of nitrogens with one attached hydrogen (secondary N) is 1. The van der Waals surface area contributed by atoms with Gasteiger partial charge >= 0.3 is 0 Å². The zero-order valence-electron chi connectivity index (χ0n) is 13.9. The van der Waals surface area contributed by atoms with Crippen LogP contribution in [0.5, 0.6) is 0 Å². The van der Waals surface area contributed by atoms with Crippen molar-refractivity contribution in [2.24, 2.45) is 0 Å². The van der Waals surface area contributed by atoms with Gasteiger partial charge < -0.3 is 5.32 Å². The van der Waals surface area contributed by atoms with Crippen molar-refractivity contribution >= 4 is 50.3 Å². The lowest BCUT2D eigenvalue weighted by Gasteiger charge is -2.10. The highest BCUT2D eigenvalue weighted by molar-refractivity contribution is 7.22. The highest BCUT2D eigenvalue weighted by Crippen LogP contribution is 2.27. The van der Waals surface area contributed by atoms with Crippen LogP contribution in [0.4, 0.5) is 10.8 Å². The monoisotopic (exact) mass is 351 g/mol. The van der Waals surface area contributed by atoms with Crippen LogP contribution in [0.2, 0.25) is 0 Å². The third kappa shape index (κ3) is 4.10. The third-order valence-electron chi connectivity index (χ3n) is 3.55. The first-order chi connectivity index (χ1) is 12.0. The first-order valence-electron chi connectivity index (χ1n) is 7.72. The van der Waals surface area contributed by atoms with Crippen molar-refractivity contribution in [1.29, 1.82) is 0 Å². The molecular formula is C19H17N3O2S. The summed E-state index contributed by atoms with van der Waals surface area (Å²) < 4.78 is 1.05. The van der Waals surface area contributed by atoms with Crippen LogP contribution in [0, 0.1) is 0 Å². The molecule has 1 heterocycles. The van der Waals surface area contributed by atoms with E-state index in [1.54, 1.807) is 25.3 Å². The summed E-state index contributed by atoms with van der Waals surface area (Å²) in [5.74, 6) is -0.263. The standard InChI is InChI=1S/C19H17N3O2S/c1-13(23)20-15-10-7-14(8-11-15)9-12-18(24)22(2)19-21-16-5-3-4-6-17(16)25-19/h3-12H,1-2H3,(H,20,23). The van der Waals surface area contributed by atoms with Crippen LogP contribution in [-0.4, -0.2) is 23.8 Å². The van der Waals surface area contributed by atoms with Gasteiger partial charge in [0.1, 0.15) is 0 Å². The second-order valence-corrected chi connectivity index (χ2v) is 6.51. The highest BCUT2D eigenvalue weighted by Gasteiger charge is 2.12. The fourth-order valence-corrected chi connectivity index (χ4v) is 3.19. The van der Waals surface area contributed by atoms with Crippen LogP contribution >= 0.6 is 11.3 Å². The maximum atomic E-state index is 12.4. The SMILES string of the molecule is CC(=O)Nc1ccc(C=CC(=O)N(C)c2nc3ccccc3s2)cc1. The average molecular weight is 351 g/mol. The Kier molecular flexibility index (Phi) is 4.90. The average Bonchev–Trinajstić information content (AvgIpc) is 3.04. The van der Waals surface area contributed by atoms with Crippen LogP contribution < -0.4 is 10.2 Å². The maximum Gasteiger partial charge on any atom is 0.252 e. The lowest BCUT2D eigenvalue weighted by Crippen LogP contribution is -2.23. The summed E-state index contributed by atoms with van der Waals surface area (Å²) >= 11 is 1.48. The zero-order valence-corrected chi connectivity index (χ0v) is 14.7. The van der Waals surface area contributed by atoms with Crippen LogP contribution in [0.3, 0.4) is 0 Å². The topological polar surface area (TPSA) is 62.3 Å². The van der Waals surface area contributed by atoms with E-state index in [0.29, 0.717) is 5.13 Å². The number of nitrogens with zero attached hydrogens (tertiary/aromatic N) is 2. The van der Waals surface area contributed by atoms with E-state index in [1.807, 2.05) is 36.4 Å². The van der Waals surface area contributed by atoms with Crippen molar-refractivity contribution in [2.75, 3.05) is 17.3 Å². The summed E-state index contributed by atoms with van der Waals surface area (Å²) in [4.78, 5) is 29.4. The molecule has 25 heavy (non-hydrogen) atoms. The Morgan fingerprint density at radius 1 is 1.12 bits per heavy atom. The van der Waals surface area contributed by atoms with Gasteiger partial charge in [-0.1, -0.05) is 35.6 Å². The van der Waals surface area contributed by atoms with Gasteiger partial charge in [0.2, 0.25) is 5.91 Å². The molecule has 0 aliphatic rings. The first kappa shape index (κ1) is 16.9. The molecule has 1 aromatic heterocycles. The molecule has 0 atom stereocenters. The lowest BCUT2D eigenvalue weighted by atomic mass is 10.2. The molecule has 0 saturated heterocycles. The molecule has 0 radical (unpaired) electrons. The van der Waals surface area contributed by atoms with E-state index >= 15 is 0 Å². The van der Waals surface area contributed by atoms with Gasteiger partial charge in [-0.3, -0.25) is 14.5 Å². The number of fused-ring (bicyclic) bond motifs is 1. The minimum absolute atomic E-state index is 0.115. The van der Waals surface area contributed by atoms with Gasteiger partial charge in [-0.25, -0.2) is 4.98 Å². The van der Waals surface area contributed by atoms with Gasteiger partial charge in [0.05, 0.1) is 10.2 Å². The van der Waals surface area contributed by atoms with E-state index < -0.39 is 0 Å². The molecule has 3 aromatic rings. The molecule has 6 heteroatoms. The minimum atomic E-state index is -0.148. The number of aromatic nitrogens is 1. The molecule has 0 aliphatic heterocycles. The first-order valence-corrected chi connectivity index (χ1v) is 8.53. The second kappa shape index (κ2) is 7.27. The van der Waals surface area contributed by atoms with Crippen molar-refractivity contribution in [1.82, 2.24) is 4.98 Å². The van der Waals surface area contributed by atoms with Gasteiger partial charge in [-0.15, -0.1) is 0 Å². The summed E-state index contributed by atoms with van der Waals surface area (Å²) in [6.07, 6.45) is 3.25. The summed E-state index contributed by atoms with van der Waals surface area (Å²) in [7, 11) is 1.71. The van der Waals surface area contributed by atoms with E-state index in [-0.39, 0.29) is 11.8 Å². The Morgan fingerprint density at radius 2 is 1.84 bits per heavy atom. The lowest BCUT2D eigenvalue weighted by molar-refractivity contribution is -0.114. The predicted octanol–water partition coefficient (Wildman–Crippen LogP) is 3.93. The van der Waals surface area contributed by atoms with Crippen molar-refractivity contribution in [3.05, 3.63) is 60.2 Å². The second-order valence-electron chi connectivity index (χ2n) is 5.50. The number of hydrogen-bond acceptors (Lipinski definition) is 4. The fraction of sp³-hybridized carbons (Fsp3) is 0.105. The molecular weight excluding hydrogens is 334 g/mol. The number of anilines is 2. The molecule has 2 amide bonds. The Hall–Kier alpha value is -2.99. The van der Waals surface area contributed by atoms with Crippen molar-refractivity contribution in [2.45, 2.75) is 6.92 Å². The van der Waals surface area contributed by atoms with Crippen molar-refractivity contribution in [3.8, 4) is 0 Å². The highest BCUT2D eigenvalue weighted by atomic mass is 32.1. The number of hydrogen-bond donors (Lipinski definition) is 1. The molecule has 0 aliphatic carbocycles. The van der Waals surface area contributed by atoms with E-state index in [0.717, 1.165) is 21.5 Å². The fourth-order valence-electron chi connectivity index (χ4n) is 2.26. The molecule has 0 fully saturated rings. The number of para-hydroxylation sites is 1. The van der Waals surface area contributed by atoms with Crippen LogP contribution in [-0.2, 0) is 9.59 Å². The summed E-state index contributed by atoms with van der Waals surface area (Å²) in [5.41, 5.74) is 2.49. The van der Waals surface area contributed by atoms with Crippen LogP contribution in [0.1, 0.15) is 12.5 Å². The summed E-state index contributed by atoms with van der Waals surface area (Å²) in [5, 5.41) is 3.37. The van der Waals surface area contributed by atoms with Crippen molar-refractivity contribution < 1.29 is 9.59 Å². The van der Waals surface area contributed by atoms with Gasteiger partial charge in [0, 0.05) is 25.7 Å². The Morgan fingerprint density at radius 3 is 2.52 bits per heavy atom. The predicted molar refractivity (Wildman–Crippen MR) is 103 cm³/mol. The Balaban J connectivity index is 1.70. The van der Waals surface area contributed by atoms with Crippen molar-refractivity contribution in [3.63, 3.8) is 0 Å². The molecule has 2 aromatic carbocycles. The number of carbonyl (C=O) groups is 2. The van der Waals surface area contributed by atoms with Gasteiger partial charge in [0.25, 0.3) is 5.91 Å². The Bertz CT molecular complexity index is 912. The molecule has 0 unspecified atom stereocenters.